The van der Waals surface area contributed by atoms with E-state index in [-0.39, 0.29) is 17.2 Å². The Morgan fingerprint density at radius 3 is 2.60 bits per heavy atom. The number of carboxylic acid groups (broad SMARTS) is 1. The van der Waals surface area contributed by atoms with Gasteiger partial charge in [0.1, 0.15) is 0 Å². The Labute approximate surface area is 114 Å². The van der Waals surface area contributed by atoms with E-state index in [9.17, 15) is 20.0 Å². The van der Waals surface area contributed by atoms with Crippen molar-refractivity contribution in [1.82, 2.24) is 9.78 Å². The Kier molecular flexibility index (Phi) is 3.51. The van der Waals surface area contributed by atoms with Gasteiger partial charge >= 0.3 is 5.97 Å². The number of benzene rings is 1. The molecule has 0 aliphatic heterocycles. The molecule has 1 heterocycles. The summed E-state index contributed by atoms with van der Waals surface area (Å²) < 4.78 is 1.42. The van der Waals surface area contributed by atoms with Gasteiger partial charge in [0.15, 0.2) is 0 Å². The summed E-state index contributed by atoms with van der Waals surface area (Å²) in [5.74, 6) is -1.02. The average Bonchev–Trinajstić information content (AvgIpc) is 2.87. The van der Waals surface area contributed by atoms with Crippen LogP contribution in [0.2, 0.25) is 0 Å². The number of hydrogen-bond acceptors (Lipinski definition) is 4. The molecule has 0 spiro atoms. The van der Waals surface area contributed by atoms with Gasteiger partial charge in [-0.2, -0.15) is 5.10 Å². The normalized spacial score (nSPS) is 10.8. The molecule has 104 valence electrons. The standard InChI is InChI=1S/C13H13N3O4/c1-8(2)11-5-6-15(14-11)12-4-3-9(16(19)20)7-10(12)13(17)18/h3-8H,1-2H3,(H,17,18). The summed E-state index contributed by atoms with van der Waals surface area (Å²) in [6, 6.07) is 5.48. The maximum absolute atomic E-state index is 11.2. The molecule has 0 bridgehead atoms. The van der Waals surface area contributed by atoms with Crippen molar-refractivity contribution < 1.29 is 14.8 Å². The van der Waals surface area contributed by atoms with E-state index in [1.807, 2.05) is 13.8 Å². The van der Waals surface area contributed by atoms with Crippen LogP contribution < -0.4 is 0 Å². The topological polar surface area (TPSA) is 98.3 Å². The molecular weight excluding hydrogens is 262 g/mol. The molecule has 2 aromatic rings. The summed E-state index contributed by atoms with van der Waals surface area (Å²) in [6.45, 7) is 3.95. The zero-order valence-corrected chi connectivity index (χ0v) is 11.0. The van der Waals surface area contributed by atoms with E-state index in [0.717, 1.165) is 11.8 Å². The number of aromatic nitrogens is 2. The smallest absolute Gasteiger partial charge is 0.338 e. The molecule has 0 saturated carbocycles. The lowest BCUT2D eigenvalue weighted by Crippen LogP contribution is -2.07. The van der Waals surface area contributed by atoms with Crippen molar-refractivity contribution in [3.63, 3.8) is 0 Å². The maximum Gasteiger partial charge on any atom is 0.338 e. The van der Waals surface area contributed by atoms with Crippen molar-refractivity contribution in [3.05, 3.63) is 51.8 Å². The fourth-order valence-electron chi connectivity index (χ4n) is 1.79. The van der Waals surface area contributed by atoms with Crippen molar-refractivity contribution in [3.8, 4) is 5.69 Å². The summed E-state index contributed by atoms with van der Waals surface area (Å²) in [6.07, 6.45) is 1.64. The molecule has 2 rings (SSSR count). The zero-order valence-electron chi connectivity index (χ0n) is 11.0. The van der Waals surface area contributed by atoms with Crippen molar-refractivity contribution in [2.24, 2.45) is 0 Å². The highest BCUT2D eigenvalue weighted by atomic mass is 16.6. The number of hydrogen-bond donors (Lipinski definition) is 1. The Bertz CT molecular complexity index is 676. The minimum Gasteiger partial charge on any atom is -0.478 e. The lowest BCUT2D eigenvalue weighted by molar-refractivity contribution is -0.384. The van der Waals surface area contributed by atoms with E-state index in [0.29, 0.717) is 5.69 Å². The highest BCUT2D eigenvalue weighted by molar-refractivity contribution is 5.92. The number of rotatable bonds is 4. The Morgan fingerprint density at radius 2 is 2.10 bits per heavy atom. The van der Waals surface area contributed by atoms with Gasteiger partial charge in [-0.25, -0.2) is 9.48 Å². The van der Waals surface area contributed by atoms with E-state index in [4.69, 9.17) is 0 Å². The highest BCUT2D eigenvalue weighted by Crippen LogP contribution is 2.22. The predicted molar refractivity (Wildman–Crippen MR) is 71.3 cm³/mol. The van der Waals surface area contributed by atoms with Crippen LogP contribution in [0.15, 0.2) is 30.5 Å². The minimum absolute atomic E-state index is 0.155. The lowest BCUT2D eigenvalue weighted by Gasteiger charge is -2.06. The van der Waals surface area contributed by atoms with Crippen LogP contribution in [-0.4, -0.2) is 25.8 Å². The first-order valence-corrected chi connectivity index (χ1v) is 5.98. The van der Waals surface area contributed by atoms with Gasteiger partial charge in [0.2, 0.25) is 0 Å². The van der Waals surface area contributed by atoms with E-state index < -0.39 is 10.9 Å². The monoisotopic (exact) mass is 275 g/mol. The summed E-state index contributed by atoms with van der Waals surface area (Å²) in [5.41, 5.74) is 0.703. The van der Waals surface area contributed by atoms with Crippen molar-refractivity contribution in [1.29, 1.82) is 0 Å². The molecule has 0 radical (unpaired) electrons. The van der Waals surface area contributed by atoms with E-state index in [1.165, 1.54) is 16.8 Å². The molecule has 20 heavy (non-hydrogen) atoms. The quantitative estimate of drug-likeness (QED) is 0.683. The number of nitro groups is 1. The minimum atomic E-state index is -1.23. The first-order chi connectivity index (χ1) is 9.40. The molecule has 0 amide bonds. The molecule has 0 atom stereocenters. The fourth-order valence-corrected chi connectivity index (χ4v) is 1.79. The second-order valence-corrected chi connectivity index (χ2v) is 4.60. The summed E-state index contributed by atoms with van der Waals surface area (Å²) in [4.78, 5) is 21.3. The van der Waals surface area contributed by atoms with E-state index in [1.54, 1.807) is 12.3 Å². The number of carbonyl (C=O) groups is 1. The number of aromatic carboxylic acids is 1. The fraction of sp³-hybridized carbons (Fsp3) is 0.231. The van der Waals surface area contributed by atoms with Gasteiger partial charge < -0.3 is 5.11 Å². The van der Waals surface area contributed by atoms with Crippen LogP contribution in [0.25, 0.3) is 5.69 Å². The number of nitrogens with zero attached hydrogens (tertiary/aromatic N) is 3. The predicted octanol–water partition coefficient (Wildman–Crippen LogP) is 2.60. The SMILES string of the molecule is CC(C)c1ccn(-c2ccc([N+](=O)[O-])cc2C(=O)O)n1. The van der Waals surface area contributed by atoms with Crippen LogP contribution in [0.5, 0.6) is 0 Å². The van der Waals surface area contributed by atoms with Crippen LogP contribution in [-0.2, 0) is 0 Å². The van der Waals surface area contributed by atoms with Gasteiger partial charge in [-0.3, -0.25) is 10.1 Å². The average molecular weight is 275 g/mol. The van der Waals surface area contributed by atoms with Crippen molar-refractivity contribution in [2.75, 3.05) is 0 Å². The molecule has 0 aliphatic rings. The Hall–Kier alpha value is -2.70. The summed E-state index contributed by atoms with van der Waals surface area (Å²) in [5, 5.41) is 24.2. The molecule has 7 heteroatoms. The molecule has 7 nitrogen and oxygen atoms in total. The third-order valence-corrected chi connectivity index (χ3v) is 2.87. The van der Waals surface area contributed by atoms with Crippen molar-refractivity contribution >= 4 is 11.7 Å². The second kappa shape index (κ2) is 5.12. The maximum atomic E-state index is 11.2. The molecule has 1 aromatic heterocycles. The zero-order chi connectivity index (χ0) is 14.9. The van der Waals surface area contributed by atoms with Crippen LogP contribution >= 0.6 is 0 Å². The number of nitro benzene ring substituents is 1. The Balaban J connectivity index is 2.55. The molecule has 1 aromatic carbocycles. The summed E-state index contributed by atoms with van der Waals surface area (Å²) >= 11 is 0. The van der Waals surface area contributed by atoms with Crippen molar-refractivity contribution in [2.45, 2.75) is 19.8 Å². The van der Waals surface area contributed by atoms with Crippen LogP contribution in [0.3, 0.4) is 0 Å². The van der Waals surface area contributed by atoms with Crippen LogP contribution in [0, 0.1) is 10.1 Å². The molecule has 0 saturated heterocycles. The van der Waals surface area contributed by atoms with Gasteiger partial charge in [0.25, 0.3) is 5.69 Å². The van der Waals surface area contributed by atoms with Gasteiger partial charge in [0.05, 0.1) is 21.9 Å². The highest BCUT2D eigenvalue weighted by Gasteiger charge is 2.18. The largest absolute Gasteiger partial charge is 0.478 e. The first kappa shape index (κ1) is 13.7. The van der Waals surface area contributed by atoms with Crippen LogP contribution in [0.1, 0.15) is 35.8 Å². The van der Waals surface area contributed by atoms with Gasteiger partial charge in [-0.15, -0.1) is 0 Å². The van der Waals surface area contributed by atoms with Crippen LogP contribution in [0.4, 0.5) is 5.69 Å². The number of non-ortho nitro benzene ring substituents is 1. The summed E-state index contributed by atoms with van der Waals surface area (Å²) in [7, 11) is 0. The van der Waals surface area contributed by atoms with Gasteiger partial charge in [-0.1, -0.05) is 13.8 Å². The molecule has 0 unspecified atom stereocenters. The van der Waals surface area contributed by atoms with E-state index >= 15 is 0 Å². The molecule has 1 N–H and O–H groups in total. The molecule has 0 fully saturated rings. The molecular formula is C13H13N3O4. The number of carboxylic acids is 1. The third-order valence-electron chi connectivity index (χ3n) is 2.87. The second-order valence-electron chi connectivity index (χ2n) is 4.60. The molecule has 0 aliphatic carbocycles. The van der Waals surface area contributed by atoms with Gasteiger partial charge in [-0.05, 0) is 18.1 Å². The lowest BCUT2D eigenvalue weighted by atomic mass is 10.1. The first-order valence-electron chi connectivity index (χ1n) is 5.98. The third kappa shape index (κ3) is 2.51. The Morgan fingerprint density at radius 1 is 1.40 bits per heavy atom. The van der Waals surface area contributed by atoms with E-state index in [2.05, 4.69) is 5.10 Å². The van der Waals surface area contributed by atoms with Gasteiger partial charge in [0, 0.05) is 18.3 Å².